The van der Waals surface area contributed by atoms with Gasteiger partial charge in [-0.05, 0) is 42.8 Å². The zero-order chi connectivity index (χ0) is 17.7. The fourth-order valence-corrected chi connectivity index (χ4v) is 2.41. The number of nitrogens with one attached hydrogen (secondary N) is 1. The number of carboxylic acids is 1. The summed E-state index contributed by atoms with van der Waals surface area (Å²) in [5.41, 5.74) is 1.47. The molecule has 0 bridgehead atoms. The second-order valence-corrected chi connectivity index (χ2v) is 5.90. The molecule has 0 aromatic heterocycles. The lowest BCUT2D eigenvalue weighted by molar-refractivity contribution is -0.118. The van der Waals surface area contributed by atoms with E-state index in [-0.39, 0.29) is 17.9 Å². The van der Waals surface area contributed by atoms with Gasteiger partial charge in [-0.3, -0.25) is 4.79 Å². The third-order valence-corrected chi connectivity index (χ3v) is 3.65. The fourth-order valence-electron chi connectivity index (χ4n) is 2.04. The molecule has 1 amide bonds. The van der Waals surface area contributed by atoms with Gasteiger partial charge in [-0.1, -0.05) is 22.0 Å². The fraction of sp³-hybridized carbons (Fsp3) is 0.176. The summed E-state index contributed by atoms with van der Waals surface area (Å²) in [4.78, 5) is 23.3. The molecule has 24 heavy (non-hydrogen) atoms. The number of benzene rings is 2. The van der Waals surface area contributed by atoms with Crippen LogP contribution in [0.4, 0.5) is 5.69 Å². The van der Waals surface area contributed by atoms with Crippen molar-refractivity contribution in [3.05, 3.63) is 52.0 Å². The molecular weight excluding hydrogens is 378 g/mol. The predicted octanol–water partition coefficient (Wildman–Crippen LogP) is 3.48. The van der Waals surface area contributed by atoms with Crippen molar-refractivity contribution < 1.29 is 24.2 Å². The monoisotopic (exact) mass is 393 g/mol. The summed E-state index contributed by atoms with van der Waals surface area (Å²) >= 11 is 3.20. The number of carboxylic acid groups (broad SMARTS) is 1. The van der Waals surface area contributed by atoms with E-state index in [4.69, 9.17) is 9.47 Å². The first-order valence-electron chi connectivity index (χ1n) is 7.01. The molecule has 2 N–H and O–H groups in total. The average Bonchev–Trinajstić information content (AvgIpc) is 2.53. The van der Waals surface area contributed by atoms with Crippen molar-refractivity contribution in [3.63, 3.8) is 0 Å². The Bertz CT molecular complexity index is 776. The second kappa shape index (κ2) is 7.83. The minimum atomic E-state index is -1.13. The molecule has 0 aliphatic rings. The van der Waals surface area contributed by atoms with Crippen LogP contribution < -0.4 is 14.8 Å². The van der Waals surface area contributed by atoms with E-state index in [0.717, 1.165) is 5.56 Å². The van der Waals surface area contributed by atoms with Crippen molar-refractivity contribution >= 4 is 33.5 Å². The van der Waals surface area contributed by atoms with Gasteiger partial charge >= 0.3 is 5.97 Å². The first-order chi connectivity index (χ1) is 11.4. The number of halogens is 1. The maximum Gasteiger partial charge on any atom is 0.339 e. The van der Waals surface area contributed by atoms with Gasteiger partial charge < -0.3 is 19.9 Å². The van der Waals surface area contributed by atoms with Gasteiger partial charge in [0.15, 0.2) is 6.61 Å². The molecule has 0 atom stereocenters. The Morgan fingerprint density at radius 1 is 1.17 bits per heavy atom. The summed E-state index contributed by atoms with van der Waals surface area (Å²) < 4.78 is 11.1. The minimum absolute atomic E-state index is 0.0229. The molecule has 2 aromatic carbocycles. The van der Waals surface area contributed by atoms with Crippen LogP contribution in [0.2, 0.25) is 0 Å². The van der Waals surface area contributed by atoms with Gasteiger partial charge in [0.1, 0.15) is 17.1 Å². The van der Waals surface area contributed by atoms with Crippen LogP contribution in [0.5, 0.6) is 11.5 Å². The summed E-state index contributed by atoms with van der Waals surface area (Å²) in [6.45, 7) is 1.57. The molecule has 0 heterocycles. The Morgan fingerprint density at radius 2 is 1.88 bits per heavy atom. The van der Waals surface area contributed by atoms with Gasteiger partial charge in [0, 0.05) is 4.47 Å². The molecule has 126 valence electrons. The molecule has 7 heteroatoms. The molecule has 0 spiro atoms. The number of carbonyl (C=O) groups excluding carboxylic acids is 1. The molecule has 2 rings (SSSR count). The SMILES string of the molecule is COc1ccc(C)cc1NC(=O)COc1ccc(Br)cc1C(=O)O. The Kier molecular flexibility index (Phi) is 5.81. The maximum atomic E-state index is 12.1. The number of aryl methyl sites for hydroxylation is 1. The number of hydrogen-bond acceptors (Lipinski definition) is 4. The van der Waals surface area contributed by atoms with Crippen LogP contribution in [0.1, 0.15) is 15.9 Å². The smallest absolute Gasteiger partial charge is 0.339 e. The number of ether oxygens (including phenoxy) is 2. The standard InChI is InChI=1S/C17H16BrNO5/c1-10-3-5-15(23-2)13(7-10)19-16(20)9-24-14-6-4-11(18)8-12(14)17(21)22/h3-8H,9H2,1-2H3,(H,19,20)(H,21,22). The zero-order valence-corrected chi connectivity index (χ0v) is 14.7. The van der Waals surface area contributed by atoms with E-state index in [1.807, 2.05) is 13.0 Å². The van der Waals surface area contributed by atoms with Crippen molar-refractivity contribution in [1.82, 2.24) is 0 Å². The normalized spacial score (nSPS) is 10.1. The number of amides is 1. The van der Waals surface area contributed by atoms with Crippen LogP contribution in [0.25, 0.3) is 0 Å². The van der Waals surface area contributed by atoms with Gasteiger partial charge in [0.25, 0.3) is 5.91 Å². The van der Waals surface area contributed by atoms with E-state index in [1.54, 1.807) is 18.2 Å². The molecular formula is C17H16BrNO5. The Hall–Kier alpha value is -2.54. The van der Waals surface area contributed by atoms with Gasteiger partial charge in [-0.15, -0.1) is 0 Å². The predicted molar refractivity (Wildman–Crippen MR) is 93.0 cm³/mol. The third-order valence-electron chi connectivity index (χ3n) is 3.16. The molecule has 0 radical (unpaired) electrons. The Balaban J connectivity index is 2.07. The van der Waals surface area contributed by atoms with Crippen molar-refractivity contribution in [2.75, 3.05) is 19.0 Å². The molecule has 0 aliphatic heterocycles. The summed E-state index contributed by atoms with van der Waals surface area (Å²) in [5, 5.41) is 11.9. The molecule has 2 aromatic rings. The highest BCUT2D eigenvalue weighted by atomic mass is 79.9. The van der Waals surface area contributed by atoms with Crippen molar-refractivity contribution in [2.24, 2.45) is 0 Å². The highest BCUT2D eigenvalue weighted by molar-refractivity contribution is 9.10. The molecule has 0 fully saturated rings. The number of hydrogen-bond donors (Lipinski definition) is 2. The first-order valence-corrected chi connectivity index (χ1v) is 7.80. The average molecular weight is 394 g/mol. The molecule has 0 saturated carbocycles. The van der Waals surface area contributed by atoms with E-state index in [1.165, 1.54) is 19.2 Å². The first kappa shape index (κ1) is 17.8. The lowest BCUT2D eigenvalue weighted by Gasteiger charge is -2.12. The number of rotatable bonds is 6. The number of aromatic carboxylic acids is 1. The summed E-state index contributed by atoms with van der Waals surface area (Å²) in [6, 6.07) is 9.95. The van der Waals surface area contributed by atoms with Gasteiger partial charge in [-0.2, -0.15) is 0 Å². The number of carbonyl (C=O) groups is 2. The Labute approximate surface area is 147 Å². The number of methoxy groups -OCH3 is 1. The summed E-state index contributed by atoms with van der Waals surface area (Å²) in [7, 11) is 1.51. The van der Waals surface area contributed by atoms with Gasteiger partial charge in [0.2, 0.25) is 0 Å². The van der Waals surface area contributed by atoms with Crippen LogP contribution in [0.15, 0.2) is 40.9 Å². The van der Waals surface area contributed by atoms with Crippen LogP contribution in [0, 0.1) is 6.92 Å². The van der Waals surface area contributed by atoms with E-state index in [9.17, 15) is 14.7 Å². The Morgan fingerprint density at radius 3 is 2.54 bits per heavy atom. The van der Waals surface area contributed by atoms with Crippen LogP contribution in [0.3, 0.4) is 0 Å². The highest BCUT2D eigenvalue weighted by Crippen LogP contribution is 2.26. The highest BCUT2D eigenvalue weighted by Gasteiger charge is 2.14. The largest absolute Gasteiger partial charge is 0.495 e. The van der Waals surface area contributed by atoms with E-state index < -0.39 is 11.9 Å². The molecule has 0 unspecified atom stereocenters. The maximum absolute atomic E-state index is 12.1. The lowest BCUT2D eigenvalue weighted by atomic mass is 10.2. The van der Waals surface area contributed by atoms with Crippen molar-refractivity contribution in [3.8, 4) is 11.5 Å². The van der Waals surface area contributed by atoms with Crippen LogP contribution in [-0.4, -0.2) is 30.7 Å². The van der Waals surface area contributed by atoms with E-state index in [0.29, 0.717) is 15.9 Å². The van der Waals surface area contributed by atoms with Crippen LogP contribution >= 0.6 is 15.9 Å². The van der Waals surface area contributed by atoms with Crippen molar-refractivity contribution in [2.45, 2.75) is 6.92 Å². The topological polar surface area (TPSA) is 84.9 Å². The minimum Gasteiger partial charge on any atom is -0.495 e. The second-order valence-electron chi connectivity index (χ2n) is 4.99. The van der Waals surface area contributed by atoms with Gasteiger partial charge in [0.05, 0.1) is 12.8 Å². The zero-order valence-electron chi connectivity index (χ0n) is 13.1. The number of anilines is 1. The van der Waals surface area contributed by atoms with Crippen LogP contribution in [-0.2, 0) is 4.79 Å². The van der Waals surface area contributed by atoms with Gasteiger partial charge in [-0.25, -0.2) is 4.79 Å². The van der Waals surface area contributed by atoms with E-state index >= 15 is 0 Å². The van der Waals surface area contributed by atoms with Crippen molar-refractivity contribution in [1.29, 1.82) is 0 Å². The molecule has 0 aliphatic carbocycles. The molecule has 0 saturated heterocycles. The van der Waals surface area contributed by atoms with E-state index in [2.05, 4.69) is 21.2 Å². The quantitative estimate of drug-likeness (QED) is 0.784. The lowest BCUT2D eigenvalue weighted by Crippen LogP contribution is -2.21. The molecule has 6 nitrogen and oxygen atoms in total. The summed E-state index contributed by atoms with van der Waals surface area (Å²) in [5.74, 6) is -0.897. The summed E-state index contributed by atoms with van der Waals surface area (Å²) in [6.07, 6.45) is 0. The third kappa shape index (κ3) is 4.48.